The molecule has 0 saturated carbocycles. The van der Waals surface area contributed by atoms with Gasteiger partial charge in [-0.25, -0.2) is 4.98 Å². The zero-order valence-electron chi connectivity index (χ0n) is 9.32. The van der Waals surface area contributed by atoms with E-state index in [2.05, 4.69) is 11.9 Å². The van der Waals surface area contributed by atoms with E-state index in [4.69, 9.17) is 10.5 Å². The van der Waals surface area contributed by atoms with Crippen LogP contribution in [0.25, 0.3) is 0 Å². The summed E-state index contributed by atoms with van der Waals surface area (Å²) in [4.78, 5) is 6.03. The molecule has 0 radical (unpaired) electrons. The van der Waals surface area contributed by atoms with Gasteiger partial charge in [0.15, 0.2) is 0 Å². The number of ether oxygens (including phenoxy) is 1. The highest BCUT2D eigenvalue weighted by atomic mass is 32.1. The van der Waals surface area contributed by atoms with Gasteiger partial charge in [-0.2, -0.15) is 0 Å². The third-order valence-electron chi connectivity index (χ3n) is 2.91. The minimum absolute atomic E-state index is 0.164. The van der Waals surface area contributed by atoms with Gasteiger partial charge in [-0.15, -0.1) is 11.3 Å². The topological polar surface area (TPSA) is 48.1 Å². The Morgan fingerprint density at radius 3 is 3.13 bits per heavy atom. The number of hydrogen-bond donors (Lipinski definition) is 1. The summed E-state index contributed by atoms with van der Waals surface area (Å²) in [5.41, 5.74) is 7.18. The van der Waals surface area contributed by atoms with Crippen LogP contribution in [0.1, 0.15) is 41.4 Å². The maximum atomic E-state index is 6.04. The van der Waals surface area contributed by atoms with E-state index in [1.54, 1.807) is 7.11 Å². The first-order valence-corrected chi connectivity index (χ1v) is 6.29. The van der Waals surface area contributed by atoms with Gasteiger partial charge in [0.25, 0.3) is 0 Å². The Bertz CT molecular complexity index is 337. The summed E-state index contributed by atoms with van der Waals surface area (Å²) < 4.78 is 5.25. The predicted octanol–water partition coefficient (Wildman–Crippen LogP) is 2.06. The van der Waals surface area contributed by atoms with Crippen LogP contribution in [0.2, 0.25) is 0 Å². The summed E-state index contributed by atoms with van der Waals surface area (Å²) in [6.45, 7) is 2.07. The first-order chi connectivity index (χ1) is 7.20. The lowest BCUT2D eigenvalue weighted by atomic mass is 9.99. The van der Waals surface area contributed by atoms with Gasteiger partial charge in [0.2, 0.25) is 0 Å². The van der Waals surface area contributed by atoms with E-state index in [9.17, 15) is 0 Å². The molecule has 1 aliphatic rings. The molecule has 15 heavy (non-hydrogen) atoms. The molecule has 0 aliphatic heterocycles. The number of aromatic nitrogens is 1. The number of nitrogens with two attached hydrogens (primary N) is 1. The second kappa shape index (κ2) is 4.60. The first kappa shape index (κ1) is 11.0. The van der Waals surface area contributed by atoms with Crippen LogP contribution < -0.4 is 5.73 Å². The second-order valence-electron chi connectivity index (χ2n) is 4.17. The maximum Gasteiger partial charge on any atom is 0.0957 e. The van der Waals surface area contributed by atoms with E-state index in [1.165, 1.54) is 16.3 Å². The lowest BCUT2D eigenvalue weighted by Crippen LogP contribution is -2.16. The lowest BCUT2D eigenvalue weighted by molar-refractivity contribution is 0.118. The molecule has 1 aromatic heterocycles. The Hall–Kier alpha value is -0.450. The molecule has 2 N–H and O–H groups in total. The third-order valence-corrected chi connectivity index (χ3v) is 4.06. The van der Waals surface area contributed by atoms with E-state index in [0.29, 0.717) is 0 Å². The molecule has 0 fully saturated rings. The monoisotopic (exact) mass is 226 g/mol. The van der Waals surface area contributed by atoms with Crippen LogP contribution >= 0.6 is 11.3 Å². The summed E-state index contributed by atoms with van der Waals surface area (Å²) in [5.74, 6) is 0. The highest BCUT2D eigenvalue weighted by molar-refractivity contribution is 7.11. The normalized spacial score (nSPS) is 22.5. The van der Waals surface area contributed by atoms with Crippen LogP contribution in [0, 0.1) is 0 Å². The summed E-state index contributed by atoms with van der Waals surface area (Å²) in [6.07, 6.45) is 4.59. The van der Waals surface area contributed by atoms with Crippen molar-refractivity contribution in [2.45, 2.75) is 44.8 Å². The molecule has 0 saturated heterocycles. The Kier molecular flexibility index (Phi) is 3.38. The van der Waals surface area contributed by atoms with Crippen molar-refractivity contribution in [1.82, 2.24) is 4.98 Å². The number of rotatable bonds is 3. The Balaban J connectivity index is 2.14. The van der Waals surface area contributed by atoms with Gasteiger partial charge in [0, 0.05) is 24.4 Å². The first-order valence-electron chi connectivity index (χ1n) is 5.47. The molecule has 2 unspecified atom stereocenters. The molecule has 2 rings (SSSR count). The summed E-state index contributed by atoms with van der Waals surface area (Å²) >= 11 is 1.81. The number of thiazole rings is 1. The van der Waals surface area contributed by atoms with Crippen LogP contribution in [0.15, 0.2) is 0 Å². The van der Waals surface area contributed by atoms with Crippen LogP contribution in [-0.2, 0) is 17.6 Å². The molecule has 1 aliphatic carbocycles. The minimum atomic E-state index is 0.164. The molecular formula is C11H18N2OS. The molecule has 0 bridgehead atoms. The molecule has 3 nitrogen and oxygen atoms in total. The van der Waals surface area contributed by atoms with Crippen LogP contribution in [0.5, 0.6) is 0 Å². The van der Waals surface area contributed by atoms with Crippen LogP contribution in [0.3, 0.4) is 0 Å². The Morgan fingerprint density at radius 1 is 1.67 bits per heavy atom. The van der Waals surface area contributed by atoms with Crippen molar-refractivity contribution >= 4 is 11.3 Å². The number of aryl methyl sites for hydroxylation is 1. The molecule has 4 heteroatoms. The fourth-order valence-corrected chi connectivity index (χ4v) is 3.21. The van der Waals surface area contributed by atoms with Gasteiger partial charge in [-0.1, -0.05) is 0 Å². The average molecular weight is 226 g/mol. The highest BCUT2D eigenvalue weighted by Gasteiger charge is 2.22. The van der Waals surface area contributed by atoms with Gasteiger partial charge in [0.1, 0.15) is 0 Å². The van der Waals surface area contributed by atoms with Gasteiger partial charge < -0.3 is 10.5 Å². The average Bonchev–Trinajstić information content (AvgIpc) is 2.62. The van der Waals surface area contributed by atoms with E-state index in [1.807, 2.05) is 11.3 Å². The summed E-state index contributed by atoms with van der Waals surface area (Å²) in [7, 11) is 1.74. The molecular weight excluding hydrogens is 208 g/mol. The van der Waals surface area contributed by atoms with Gasteiger partial charge in [0.05, 0.1) is 16.8 Å². The third kappa shape index (κ3) is 2.38. The fourth-order valence-electron chi connectivity index (χ4n) is 1.92. The van der Waals surface area contributed by atoms with Crippen molar-refractivity contribution in [1.29, 1.82) is 0 Å². The molecule has 0 aromatic carbocycles. The van der Waals surface area contributed by atoms with Crippen molar-refractivity contribution < 1.29 is 4.74 Å². The molecule has 84 valence electrons. The molecule has 1 aromatic rings. The van der Waals surface area contributed by atoms with Crippen molar-refractivity contribution in [2.24, 2.45) is 5.73 Å². The van der Waals surface area contributed by atoms with Gasteiger partial charge in [-0.3, -0.25) is 0 Å². The SMILES string of the molecule is COC(C)Cc1nc2c(s1)CCCC2N. The van der Waals surface area contributed by atoms with Crippen molar-refractivity contribution in [3.05, 3.63) is 15.6 Å². The van der Waals surface area contributed by atoms with Crippen molar-refractivity contribution in [2.75, 3.05) is 7.11 Å². The zero-order valence-corrected chi connectivity index (χ0v) is 10.1. The van der Waals surface area contributed by atoms with Gasteiger partial charge >= 0.3 is 0 Å². The number of methoxy groups -OCH3 is 1. The molecule has 2 atom stereocenters. The molecule has 0 amide bonds. The quantitative estimate of drug-likeness (QED) is 0.858. The Labute approximate surface area is 94.7 Å². The minimum Gasteiger partial charge on any atom is -0.381 e. The van der Waals surface area contributed by atoms with Crippen LogP contribution in [0.4, 0.5) is 0 Å². The lowest BCUT2D eigenvalue weighted by Gasteiger charge is -2.15. The Morgan fingerprint density at radius 2 is 2.47 bits per heavy atom. The second-order valence-corrected chi connectivity index (χ2v) is 5.33. The summed E-state index contributed by atoms with van der Waals surface area (Å²) in [6, 6.07) is 0.164. The van der Waals surface area contributed by atoms with Crippen molar-refractivity contribution in [3.8, 4) is 0 Å². The zero-order chi connectivity index (χ0) is 10.8. The smallest absolute Gasteiger partial charge is 0.0957 e. The molecule has 1 heterocycles. The van der Waals surface area contributed by atoms with Crippen molar-refractivity contribution in [3.63, 3.8) is 0 Å². The van der Waals surface area contributed by atoms with E-state index in [0.717, 1.165) is 25.0 Å². The highest BCUT2D eigenvalue weighted by Crippen LogP contribution is 2.32. The number of hydrogen-bond acceptors (Lipinski definition) is 4. The number of nitrogens with zero attached hydrogens (tertiary/aromatic N) is 1. The maximum absolute atomic E-state index is 6.04. The van der Waals surface area contributed by atoms with Crippen LogP contribution in [-0.4, -0.2) is 18.2 Å². The fraction of sp³-hybridized carbons (Fsp3) is 0.727. The van der Waals surface area contributed by atoms with E-state index < -0.39 is 0 Å². The number of fused-ring (bicyclic) bond motifs is 1. The standard InChI is InChI=1S/C11H18N2OS/c1-7(14-2)6-10-13-11-8(12)4-3-5-9(11)15-10/h7-8H,3-6,12H2,1-2H3. The largest absolute Gasteiger partial charge is 0.381 e. The van der Waals surface area contributed by atoms with E-state index >= 15 is 0 Å². The van der Waals surface area contributed by atoms with Gasteiger partial charge in [-0.05, 0) is 26.2 Å². The molecule has 0 spiro atoms. The predicted molar refractivity (Wildman–Crippen MR) is 62.2 cm³/mol. The summed E-state index contributed by atoms with van der Waals surface area (Å²) in [5, 5.41) is 1.17. The van der Waals surface area contributed by atoms with E-state index in [-0.39, 0.29) is 12.1 Å².